The Hall–Kier alpha value is -2.57. The molecule has 31 heavy (non-hydrogen) atoms. The van der Waals surface area contributed by atoms with Crippen molar-refractivity contribution in [2.45, 2.75) is 70.9 Å². The fraction of sp³-hybridized carbons (Fsp3) is 0.480. The number of phenols is 1. The van der Waals surface area contributed by atoms with Gasteiger partial charge in [0.05, 0.1) is 30.0 Å². The van der Waals surface area contributed by atoms with Gasteiger partial charge in [0.1, 0.15) is 11.7 Å². The van der Waals surface area contributed by atoms with Crippen molar-refractivity contribution in [2.75, 3.05) is 0 Å². The number of rotatable bonds is 3. The Morgan fingerprint density at radius 1 is 1.26 bits per heavy atom. The molecule has 0 bridgehead atoms. The number of hydrogen-bond donors (Lipinski definition) is 3. The summed E-state index contributed by atoms with van der Waals surface area (Å²) in [7, 11) is 0. The number of carbonyl (C=O) groups is 1. The summed E-state index contributed by atoms with van der Waals surface area (Å²) < 4.78 is 11.8. The molecule has 0 saturated heterocycles. The number of aliphatic hydroxyl groups excluding tert-OH is 2. The lowest BCUT2D eigenvalue weighted by Crippen LogP contribution is -2.48. The van der Waals surface area contributed by atoms with Crippen molar-refractivity contribution in [1.82, 2.24) is 0 Å². The molecule has 1 aliphatic carbocycles. The molecule has 1 aromatic carbocycles. The van der Waals surface area contributed by atoms with Crippen LogP contribution in [0.15, 0.2) is 30.1 Å². The molecule has 0 amide bonds. The van der Waals surface area contributed by atoms with Crippen molar-refractivity contribution in [3.8, 4) is 11.5 Å². The highest BCUT2D eigenvalue weighted by Gasteiger charge is 2.46. The fourth-order valence-corrected chi connectivity index (χ4v) is 4.54. The molecule has 6 heteroatoms. The lowest BCUT2D eigenvalue weighted by Gasteiger charge is -2.39. The molecule has 1 saturated carbocycles. The van der Waals surface area contributed by atoms with Gasteiger partial charge in [-0.15, -0.1) is 0 Å². The third-order valence-corrected chi connectivity index (χ3v) is 6.18. The molecule has 0 radical (unpaired) electrons. The maximum absolute atomic E-state index is 13.4. The molecule has 166 valence electrons. The number of hydrogen-bond acceptors (Lipinski definition) is 6. The summed E-state index contributed by atoms with van der Waals surface area (Å²) in [6, 6.07) is 1.84. The van der Waals surface area contributed by atoms with E-state index in [1.165, 1.54) is 6.26 Å². The van der Waals surface area contributed by atoms with Gasteiger partial charge in [-0.1, -0.05) is 17.7 Å². The summed E-state index contributed by atoms with van der Waals surface area (Å²) in [5.74, 6) is -0.548. The van der Waals surface area contributed by atoms with Crippen LogP contribution in [0.1, 0.15) is 57.2 Å². The van der Waals surface area contributed by atoms with E-state index in [1.54, 1.807) is 0 Å². The molecule has 3 N–H and O–H groups in total. The summed E-state index contributed by atoms with van der Waals surface area (Å²) in [6.07, 6.45) is 5.86. The minimum atomic E-state index is -0.971. The average Bonchev–Trinajstić information content (AvgIpc) is 2.67. The van der Waals surface area contributed by atoms with E-state index < -0.39 is 29.8 Å². The van der Waals surface area contributed by atoms with Crippen LogP contribution in [0.5, 0.6) is 11.5 Å². The zero-order chi connectivity index (χ0) is 22.5. The fourth-order valence-electron chi connectivity index (χ4n) is 4.54. The second-order valence-corrected chi connectivity index (χ2v) is 9.48. The summed E-state index contributed by atoms with van der Waals surface area (Å²) in [6.45, 7) is 7.77. The molecule has 6 nitrogen and oxygen atoms in total. The highest BCUT2D eigenvalue weighted by Crippen LogP contribution is 2.46. The highest BCUT2D eigenvalue weighted by molar-refractivity contribution is 6.23. The van der Waals surface area contributed by atoms with Crippen molar-refractivity contribution in [3.63, 3.8) is 0 Å². The molecule has 4 unspecified atom stereocenters. The number of aliphatic hydroxyl groups is 2. The largest absolute Gasteiger partial charge is 0.504 e. The molecule has 1 fully saturated rings. The number of phenolic OH excluding ortho intramolecular Hbond substituents is 1. The van der Waals surface area contributed by atoms with Gasteiger partial charge in [-0.25, -0.2) is 0 Å². The quantitative estimate of drug-likeness (QED) is 0.640. The first-order valence-corrected chi connectivity index (χ1v) is 10.7. The summed E-state index contributed by atoms with van der Waals surface area (Å²) in [5, 5.41) is 31.6. The van der Waals surface area contributed by atoms with E-state index in [-0.39, 0.29) is 18.0 Å². The molecule has 4 rings (SSSR count). The molecular formula is C25H30O6. The number of ketones is 1. The minimum absolute atomic E-state index is 0.0119. The third kappa shape index (κ3) is 4.02. The van der Waals surface area contributed by atoms with Gasteiger partial charge in [0, 0.05) is 24.0 Å². The SMILES string of the molecule is CC(C)=CCc1c(C2=COC3CC(O)CC(O)C3C2=O)cc2c(c1O)OC(C)(C)C=C2. The number of carbonyl (C=O) groups excluding carboxylic acids is 1. The van der Waals surface area contributed by atoms with Crippen molar-refractivity contribution in [3.05, 3.63) is 46.7 Å². The summed E-state index contributed by atoms with van der Waals surface area (Å²) in [4.78, 5) is 13.4. The van der Waals surface area contributed by atoms with Crippen molar-refractivity contribution < 1.29 is 29.6 Å². The lowest BCUT2D eigenvalue weighted by molar-refractivity contribution is -0.137. The van der Waals surface area contributed by atoms with Gasteiger partial charge < -0.3 is 24.8 Å². The smallest absolute Gasteiger partial charge is 0.175 e. The monoisotopic (exact) mass is 426 g/mol. The van der Waals surface area contributed by atoms with E-state index in [0.29, 0.717) is 40.9 Å². The van der Waals surface area contributed by atoms with E-state index in [1.807, 2.05) is 52.0 Å². The highest BCUT2D eigenvalue weighted by atomic mass is 16.5. The van der Waals surface area contributed by atoms with Gasteiger partial charge in [0.2, 0.25) is 0 Å². The normalized spacial score (nSPS) is 28.6. The lowest BCUT2D eigenvalue weighted by atomic mass is 9.75. The summed E-state index contributed by atoms with van der Waals surface area (Å²) >= 11 is 0. The Morgan fingerprint density at radius 2 is 2.00 bits per heavy atom. The number of allylic oxidation sites excluding steroid dienone is 3. The molecule has 4 atom stereocenters. The van der Waals surface area contributed by atoms with Crippen molar-refractivity contribution >= 4 is 17.4 Å². The Bertz CT molecular complexity index is 996. The predicted molar refractivity (Wildman–Crippen MR) is 118 cm³/mol. The molecule has 0 spiro atoms. The topological polar surface area (TPSA) is 96.2 Å². The van der Waals surface area contributed by atoms with E-state index in [0.717, 1.165) is 5.57 Å². The van der Waals surface area contributed by atoms with E-state index in [4.69, 9.17) is 9.47 Å². The van der Waals surface area contributed by atoms with Crippen LogP contribution in [0.3, 0.4) is 0 Å². The molecule has 3 aliphatic rings. The van der Waals surface area contributed by atoms with Crippen LogP contribution < -0.4 is 4.74 Å². The first-order valence-electron chi connectivity index (χ1n) is 10.7. The Labute approximate surface area is 182 Å². The summed E-state index contributed by atoms with van der Waals surface area (Å²) in [5.41, 5.74) is 2.69. The molecule has 2 aliphatic heterocycles. The van der Waals surface area contributed by atoms with Crippen LogP contribution in [-0.2, 0) is 16.0 Å². The van der Waals surface area contributed by atoms with E-state index in [2.05, 4.69) is 0 Å². The molecule has 1 aromatic rings. The Kier molecular flexibility index (Phi) is 5.48. The van der Waals surface area contributed by atoms with Gasteiger partial charge in [-0.2, -0.15) is 0 Å². The minimum Gasteiger partial charge on any atom is -0.504 e. The predicted octanol–water partition coefficient (Wildman–Crippen LogP) is 3.53. The number of ether oxygens (including phenoxy) is 2. The zero-order valence-electron chi connectivity index (χ0n) is 18.4. The maximum Gasteiger partial charge on any atom is 0.175 e. The van der Waals surface area contributed by atoms with Crippen LogP contribution in [0.25, 0.3) is 11.6 Å². The molecular weight excluding hydrogens is 396 g/mol. The van der Waals surface area contributed by atoms with Gasteiger partial charge in [0.25, 0.3) is 0 Å². The van der Waals surface area contributed by atoms with Gasteiger partial charge in [-0.3, -0.25) is 4.79 Å². The first kappa shape index (κ1) is 21.7. The van der Waals surface area contributed by atoms with E-state index >= 15 is 0 Å². The second kappa shape index (κ2) is 7.84. The van der Waals surface area contributed by atoms with Crippen LogP contribution in [-0.4, -0.2) is 45.0 Å². The molecule has 2 heterocycles. The van der Waals surface area contributed by atoms with Crippen LogP contribution in [0, 0.1) is 5.92 Å². The van der Waals surface area contributed by atoms with Crippen LogP contribution in [0.2, 0.25) is 0 Å². The Morgan fingerprint density at radius 3 is 2.71 bits per heavy atom. The number of fused-ring (bicyclic) bond motifs is 2. The number of benzene rings is 1. The van der Waals surface area contributed by atoms with E-state index in [9.17, 15) is 20.1 Å². The van der Waals surface area contributed by atoms with Crippen LogP contribution >= 0.6 is 0 Å². The zero-order valence-corrected chi connectivity index (χ0v) is 18.4. The van der Waals surface area contributed by atoms with Crippen LogP contribution in [0.4, 0.5) is 0 Å². The third-order valence-electron chi connectivity index (χ3n) is 6.18. The maximum atomic E-state index is 13.4. The average molecular weight is 427 g/mol. The van der Waals surface area contributed by atoms with Crippen molar-refractivity contribution in [1.29, 1.82) is 0 Å². The van der Waals surface area contributed by atoms with Gasteiger partial charge in [-0.05, 0) is 51.8 Å². The Balaban J connectivity index is 1.83. The molecule has 0 aromatic heterocycles. The number of Topliss-reactive ketones (excluding diaryl/α,β-unsaturated/α-hetero) is 1. The second-order valence-electron chi connectivity index (χ2n) is 9.48. The first-order chi connectivity index (χ1) is 14.6. The standard InChI is InChI=1S/C25H30O6/c1-13(2)5-6-16-17(9-14-7-8-25(3,4)31-24(14)23(16)29)18-12-30-20-11-15(26)10-19(27)21(20)22(18)28/h5,7-9,12,15,19-21,26-27,29H,6,10-11H2,1-4H3. The van der Waals surface area contributed by atoms with Gasteiger partial charge in [0.15, 0.2) is 17.3 Å². The van der Waals surface area contributed by atoms with Crippen molar-refractivity contribution in [2.24, 2.45) is 5.92 Å². The number of aromatic hydroxyl groups is 1. The van der Waals surface area contributed by atoms with Gasteiger partial charge >= 0.3 is 0 Å².